The summed E-state index contributed by atoms with van der Waals surface area (Å²) in [4.78, 5) is 13.9. The van der Waals surface area contributed by atoms with Gasteiger partial charge in [-0.1, -0.05) is 28.1 Å². The molecule has 0 spiro atoms. The Morgan fingerprint density at radius 3 is 2.52 bits per heavy atom. The van der Waals surface area contributed by atoms with Crippen molar-refractivity contribution in [3.05, 3.63) is 34.3 Å². The fraction of sp³-hybridized carbons (Fsp3) is 0.588. The van der Waals surface area contributed by atoms with Crippen LogP contribution in [0.1, 0.15) is 43.6 Å². The molecular formula is C17H23BrN2O. The van der Waals surface area contributed by atoms with E-state index < -0.39 is 0 Å². The van der Waals surface area contributed by atoms with E-state index >= 15 is 0 Å². The van der Waals surface area contributed by atoms with Crippen LogP contribution in [0.3, 0.4) is 0 Å². The Kier molecular flexibility index (Phi) is 4.96. The van der Waals surface area contributed by atoms with Gasteiger partial charge >= 0.3 is 0 Å². The third-order valence-electron chi connectivity index (χ3n) is 4.71. The molecule has 4 heteroatoms. The molecule has 3 rings (SSSR count). The minimum Gasteiger partial charge on any atom is -0.343 e. The van der Waals surface area contributed by atoms with Gasteiger partial charge in [-0.25, -0.2) is 0 Å². The van der Waals surface area contributed by atoms with Crippen molar-refractivity contribution in [3.8, 4) is 0 Å². The Hall–Kier alpha value is -0.870. The second kappa shape index (κ2) is 6.93. The van der Waals surface area contributed by atoms with Gasteiger partial charge in [0.15, 0.2) is 0 Å². The summed E-state index contributed by atoms with van der Waals surface area (Å²) in [6.45, 7) is 2.76. The van der Waals surface area contributed by atoms with Gasteiger partial charge in [-0.15, -0.1) is 0 Å². The van der Waals surface area contributed by atoms with E-state index in [0.29, 0.717) is 24.3 Å². The van der Waals surface area contributed by atoms with Crippen molar-refractivity contribution in [1.82, 2.24) is 10.2 Å². The number of carbonyl (C=O) groups excluding carboxylic acids is 1. The minimum atomic E-state index is 0.323. The van der Waals surface area contributed by atoms with Crippen LogP contribution in [-0.2, 0) is 4.79 Å². The van der Waals surface area contributed by atoms with Crippen LogP contribution in [0.5, 0.6) is 0 Å². The van der Waals surface area contributed by atoms with Gasteiger partial charge in [0.2, 0.25) is 5.91 Å². The van der Waals surface area contributed by atoms with Crippen molar-refractivity contribution >= 4 is 21.8 Å². The van der Waals surface area contributed by atoms with Gasteiger partial charge in [-0.3, -0.25) is 4.79 Å². The first-order valence-electron chi connectivity index (χ1n) is 7.99. The van der Waals surface area contributed by atoms with Crippen LogP contribution in [0.25, 0.3) is 0 Å². The van der Waals surface area contributed by atoms with E-state index in [0.717, 1.165) is 24.1 Å². The molecule has 1 aromatic carbocycles. The van der Waals surface area contributed by atoms with E-state index in [4.69, 9.17) is 0 Å². The fourth-order valence-electron chi connectivity index (χ4n) is 3.30. The second-order valence-corrected chi connectivity index (χ2v) is 7.12. The zero-order valence-corrected chi connectivity index (χ0v) is 13.9. The maximum atomic E-state index is 11.9. The SMILES string of the molecule is O=C(CCNC1CC(c2ccc(Br)cc2)C1)N1CCCC1. The average molecular weight is 351 g/mol. The molecule has 0 radical (unpaired) electrons. The molecule has 2 aliphatic rings. The predicted octanol–water partition coefficient (Wildman–Crippen LogP) is 3.30. The summed E-state index contributed by atoms with van der Waals surface area (Å²) < 4.78 is 1.14. The normalized spacial score (nSPS) is 24.9. The molecule has 0 unspecified atom stereocenters. The lowest BCUT2D eigenvalue weighted by Crippen LogP contribution is -2.41. The molecule has 114 valence electrons. The number of likely N-dealkylation sites (tertiary alicyclic amines) is 1. The first-order valence-corrected chi connectivity index (χ1v) is 8.78. The molecule has 0 bridgehead atoms. The molecule has 1 aliphatic heterocycles. The number of nitrogens with one attached hydrogen (secondary N) is 1. The smallest absolute Gasteiger partial charge is 0.223 e. The Morgan fingerprint density at radius 2 is 1.86 bits per heavy atom. The highest BCUT2D eigenvalue weighted by molar-refractivity contribution is 9.10. The van der Waals surface area contributed by atoms with Crippen molar-refractivity contribution < 1.29 is 4.79 Å². The molecular weight excluding hydrogens is 328 g/mol. The Morgan fingerprint density at radius 1 is 1.19 bits per heavy atom. The van der Waals surface area contributed by atoms with Gasteiger partial charge in [0.25, 0.3) is 0 Å². The number of rotatable bonds is 5. The summed E-state index contributed by atoms with van der Waals surface area (Å²) in [5.41, 5.74) is 1.43. The lowest BCUT2D eigenvalue weighted by atomic mass is 9.76. The van der Waals surface area contributed by atoms with Crippen LogP contribution in [-0.4, -0.2) is 36.5 Å². The van der Waals surface area contributed by atoms with E-state index in [1.807, 2.05) is 4.90 Å². The fourth-order valence-corrected chi connectivity index (χ4v) is 3.56. The molecule has 1 N–H and O–H groups in total. The van der Waals surface area contributed by atoms with Crippen molar-refractivity contribution in [1.29, 1.82) is 0 Å². The molecule has 21 heavy (non-hydrogen) atoms. The molecule has 1 saturated heterocycles. The van der Waals surface area contributed by atoms with Gasteiger partial charge in [0.05, 0.1) is 0 Å². The van der Waals surface area contributed by atoms with Crippen LogP contribution in [0, 0.1) is 0 Å². The number of carbonyl (C=O) groups is 1. The Bertz CT molecular complexity index is 476. The van der Waals surface area contributed by atoms with E-state index in [2.05, 4.69) is 45.5 Å². The summed E-state index contributed by atoms with van der Waals surface area (Å²) in [6.07, 6.45) is 5.39. The maximum absolute atomic E-state index is 11.9. The van der Waals surface area contributed by atoms with E-state index in [1.165, 1.54) is 31.2 Å². The Balaban J connectivity index is 1.33. The zero-order valence-electron chi connectivity index (χ0n) is 12.4. The zero-order chi connectivity index (χ0) is 14.7. The van der Waals surface area contributed by atoms with Crippen LogP contribution < -0.4 is 5.32 Å². The largest absolute Gasteiger partial charge is 0.343 e. The van der Waals surface area contributed by atoms with Gasteiger partial charge in [-0.2, -0.15) is 0 Å². The van der Waals surface area contributed by atoms with Gasteiger partial charge in [0.1, 0.15) is 0 Å². The van der Waals surface area contributed by atoms with Crippen LogP contribution in [0.15, 0.2) is 28.7 Å². The summed E-state index contributed by atoms with van der Waals surface area (Å²) in [5, 5.41) is 3.53. The number of amides is 1. The standard InChI is InChI=1S/C17H23BrN2O/c18-15-5-3-13(4-6-15)14-11-16(12-14)19-8-7-17(21)20-9-1-2-10-20/h3-6,14,16,19H,1-2,7-12H2. The number of nitrogens with zero attached hydrogens (tertiary/aromatic N) is 1. The van der Waals surface area contributed by atoms with Crippen molar-refractivity contribution in [3.63, 3.8) is 0 Å². The predicted molar refractivity (Wildman–Crippen MR) is 88.3 cm³/mol. The maximum Gasteiger partial charge on any atom is 0.223 e. The minimum absolute atomic E-state index is 0.323. The highest BCUT2D eigenvalue weighted by Gasteiger charge is 2.29. The van der Waals surface area contributed by atoms with Crippen LogP contribution in [0.2, 0.25) is 0 Å². The molecule has 1 amide bonds. The lowest BCUT2D eigenvalue weighted by molar-refractivity contribution is -0.130. The van der Waals surface area contributed by atoms with Crippen molar-refractivity contribution in [2.45, 2.75) is 44.1 Å². The van der Waals surface area contributed by atoms with E-state index in [1.54, 1.807) is 0 Å². The van der Waals surface area contributed by atoms with Crippen molar-refractivity contribution in [2.75, 3.05) is 19.6 Å². The molecule has 1 saturated carbocycles. The highest BCUT2D eigenvalue weighted by atomic mass is 79.9. The first-order chi connectivity index (χ1) is 10.2. The molecule has 2 fully saturated rings. The van der Waals surface area contributed by atoms with E-state index in [-0.39, 0.29) is 0 Å². The summed E-state index contributed by atoms with van der Waals surface area (Å²) in [6, 6.07) is 9.24. The molecule has 1 aromatic rings. The summed E-state index contributed by atoms with van der Waals surface area (Å²) in [7, 11) is 0. The quantitative estimate of drug-likeness (QED) is 0.883. The third kappa shape index (κ3) is 3.86. The summed E-state index contributed by atoms with van der Waals surface area (Å²) >= 11 is 3.47. The van der Waals surface area contributed by atoms with Crippen molar-refractivity contribution in [2.24, 2.45) is 0 Å². The number of hydrogen-bond donors (Lipinski definition) is 1. The lowest BCUT2D eigenvalue weighted by Gasteiger charge is -2.36. The number of benzene rings is 1. The van der Waals surface area contributed by atoms with Gasteiger partial charge < -0.3 is 10.2 Å². The second-order valence-electron chi connectivity index (χ2n) is 6.21. The summed E-state index contributed by atoms with van der Waals surface area (Å²) in [5.74, 6) is 1.01. The average Bonchev–Trinajstić information content (AvgIpc) is 2.97. The third-order valence-corrected chi connectivity index (χ3v) is 5.24. The molecule has 0 atom stereocenters. The molecule has 1 heterocycles. The number of halogens is 1. The van der Waals surface area contributed by atoms with Gasteiger partial charge in [0, 0.05) is 36.6 Å². The highest BCUT2D eigenvalue weighted by Crippen LogP contribution is 2.37. The van der Waals surface area contributed by atoms with Crippen LogP contribution in [0.4, 0.5) is 0 Å². The number of hydrogen-bond acceptors (Lipinski definition) is 2. The van der Waals surface area contributed by atoms with Gasteiger partial charge in [-0.05, 0) is 49.3 Å². The first kappa shape index (κ1) is 15.0. The topological polar surface area (TPSA) is 32.3 Å². The molecule has 3 nitrogen and oxygen atoms in total. The Labute approximate surface area is 135 Å². The molecule has 0 aromatic heterocycles. The monoisotopic (exact) mass is 350 g/mol. The van der Waals surface area contributed by atoms with E-state index in [9.17, 15) is 4.79 Å². The van der Waals surface area contributed by atoms with Crippen LogP contribution >= 0.6 is 15.9 Å². The molecule has 1 aliphatic carbocycles.